The van der Waals surface area contributed by atoms with Gasteiger partial charge in [0.2, 0.25) is 5.91 Å². The van der Waals surface area contributed by atoms with Gasteiger partial charge in [-0.05, 0) is 37.3 Å². The predicted octanol–water partition coefficient (Wildman–Crippen LogP) is 3.59. The maximum atomic E-state index is 13.3. The number of benzene rings is 1. The third-order valence-corrected chi connectivity index (χ3v) is 3.57. The molecule has 0 spiro atoms. The number of carbonyl (C=O) groups is 1. The Kier molecular flexibility index (Phi) is 3.88. The Hall–Kier alpha value is -2.49. The first kappa shape index (κ1) is 15.9. The van der Waals surface area contributed by atoms with E-state index in [9.17, 15) is 28.3 Å². The Morgan fingerprint density at radius 2 is 2.09 bits per heavy atom. The maximum Gasteiger partial charge on any atom is 0.417 e. The van der Waals surface area contributed by atoms with E-state index in [0.717, 1.165) is 13.0 Å². The van der Waals surface area contributed by atoms with Crippen LogP contribution in [0.2, 0.25) is 0 Å². The van der Waals surface area contributed by atoms with Crippen LogP contribution in [0, 0.1) is 18.3 Å². The number of halogens is 3. The number of anilines is 1. The molecule has 1 amide bonds. The zero-order chi connectivity index (χ0) is 16.7. The number of phenols is 1. The van der Waals surface area contributed by atoms with Crippen molar-refractivity contribution in [2.24, 2.45) is 0 Å². The Balaban J connectivity index is 2.81. The Morgan fingerprint density at radius 1 is 1.50 bits per heavy atom. The number of phenolic OH excluding ortho intramolecular Hbond substituents is 1. The van der Waals surface area contributed by atoms with Gasteiger partial charge in [0.15, 0.2) is 0 Å². The number of aromatic hydroxyl groups is 1. The fourth-order valence-corrected chi connectivity index (χ4v) is 2.44. The summed E-state index contributed by atoms with van der Waals surface area (Å²) in [5, 5.41) is 21.5. The van der Waals surface area contributed by atoms with Crippen molar-refractivity contribution in [1.29, 1.82) is 5.26 Å². The molecule has 1 aromatic rings. The summed E-state index contributed by atoms with van der Waals surface area (Å²) in [7, 11) is 0. The minimum atomic E-state index is -4.69. The maximum absolute atomic E-state index is 13.3. The summed E-state index contributed by atoms with van der Waals surface area (Å²) in [6, 6.07) is 1.69. The van der Waals surface area contributed by atoms with Gasteiger partial charge in [0, 0.05) is 5.56 Å². The molecule has 0 radical (unpaired) electrons. The number of alkyl halides is 3. The molecule has 0 unspecified atom stereocenters. The summed E-state index contributed by atoms with van der Waals surface area (Å²) in [6.07, 6.45) is -2.70. The first-order valence-electron chi connectivity index (χ1n) is 6.52. The molecule has 0 aliphatic heterocycles. The lowest BCUT2D eigenvalue weighted by Crippen LogP contribution is -2.17. The van der Waals surface area contributed by atoms with Crippen molar-refractivity contribution in [1.82, 2.24) is 0 Å². The number of hydrogen-bond donors (Lipinski definition) is 2. The van der Waals surface area contributed by atoms with Crippen LogP contribution in [-0.4, -0.2) is 11.0 Å². The Bertz CT molecular complexity index is 698. The third-order valence-electron chi connectivity index (χ3n) is 3.57. The van der Waals surface area contributed by atoms with Gasteiger partial charge in [-0.15, -0.1) is 0 Å². The lowest BCUT2D eigenvalue weighted by molar-refractivity contribution is -0.138. The van der Waals surface area contributed by atoms with Crippen molar-refractivity contribution in [2.75, 3.05) is 5.32 Å². The second-order valence-corrected chi connectivity index (χ2v) is 5.09. The molecule has 1 saturated carbocycles. The molecule has 22 heavy (non-hydrogen) atoms. The molecular formula is C15H13F3N2O2. The second kappa shape index (κ2) is 5.37. The molecule has 1 aromatic carbocycles. The highest BCUT2D eigenvalue weighted by molar-refractivity contribution is 6.01. The van der Waals surface area contributed by atoms with Gasteiger partial charge in [-0.2, -0.15) is 18.4 Å². The first-order valence-corrected chi connectivity index (χ1v) is 6.52. The molecule has 0 aromatic heterocycles. The van der Waals surface area contributed by atoms with E-state index in [0.29, 0.717) is 12.8 Å². The average molecular weight is 310 g/mol. The number of carbonyl (C=O) groups excluding carboxylic acids is 1. The van der Waals surface area contributed by atoms with E-state index in [4.69, 9.17) is 0 Å². The summed E-state index contributed by atoms with van der Waals surface area (Å²) in [5.74, 6) is -1.85. The van der Waals surface area contributed by atoms with Gasteiger partial charge < -0.3 is 10.4 Å². The van der Waals surface area contributed by atoms with Crippen LogP contribution in [0.15, 0.2) is 12.7 Å². The summed E-state index contributed by atoms with van der Waals surface area (Å²) in [6.45, 7) is 4.35. The topological polar surface area (TPSA) is 73.1 Å². The number of nitriles is 1. The van der Waals surface area contributed by atoms with Crippen molar-refractivity contribution in [3.05, 3.63) is 34.9 Å². The van der Waals surface area contributed by atoms with Crippen LogP contribution in [0.25, 0.3) is 0 Å². The van der Waals surface area contributed by atoms with Crippen molar-refractivity contribution < 1.29 is 23.1 Å². The smallest absolute Gasteiger partial charge is 0.417 e. The molecule has 2 rings (SSSR count). The monoisotopic (exact) mass is 310 g/mol. The second-order valence-electron chi connectivity index (χ2n) is 5.09. The zero-order valence-electron chi connectivity index (χ0n) is 11.7. The van der Waals surface area contributed by atoms with Crippen molar-refractivity contribution >= 4 is 11.6 Å². The zero-order valence-corrected chi connectivity index (χ0v) is 11.7. The van der Waals surface area contributed by atoms with Gasteiger partial charge >= 0.3 is 6.18 Å². The molecule has 1 aliphatic rings. The SMILES string of the molecule is C=CC(=O)Nc1c(O)c(C)c(C(F)(F)F)c(C2CC2)c1C#N. The molecule has 116 valence electrons. The summed E-state index contributed by atoms with van der Waals surface area (Å²) < 4.78 is 40.0. The summed E-state index contributed by atoms with van der Waals surface area (Å²) in [5.41, 5.74) is -2.16. The van der Waals surface area contributed by atoms with Gasteiger partial charge in [0.1, 0.15) is 17.5 Å². The highest BCUT2D eigenvalue weighted by atomic mass is 19.4. The van der Waals surface area contributed by atoms with Crippen LogP contribution < -0.4 is 5.32 Å². The van der Waals surface area contributed by atoms with E-state index in [2.05, 4.69) is 11.9 Å². The fraction of sp³-hybridized carbons (Fsp3) is 0.333. The standard InChI is InChI=1S/C15H13F3N2O2/c1-3-10(21)20-13-9(6-19)11(8-4-5-8)12(15(16,17)18)7(2)14(13)22/h3,8,22H,1,4-5H2,2H3,(H,20,21). The minimum Gasteiger partial charge on any atom is -0.505 e. The van der Waals surface area contributed by atoms with Crippen LogP contribution >= 0.6 is 0 Å². The number of amides is 1. The Labute approximate surface area is 124 Å². The molecule has 2 N–H and O–H groups in total. The van der Waals surface area contributed by atoms with Crippen LogP contribution in [0.5, 0.6) is 5.75 Å². The van der Waals surface area contributed by atoms with E-state index >= 15 is 0 Å². The van der Waals surface area contributed by atoms with Gasteiger partial charge in [0.25, 0.3) is 0 Å². The van der Waals surface area contributed by atoms with Crippen molar-refractivity contribution in [3.8, 4) is 11.8 Å². The van der Waals surface area contributed by atoms with Gasteiger partial charge in [-0.1, -0.05) is 6.58 Å². The van der Waals surface area contributed by atoms with E-state index in [-0.39, 0.29) is 22.7 Å². The molecular weight excluding hydrogens is 297 g/mol. The third kappa shape index (κ3) is 2.64. The minimum absolute atomic E-state index is 0.148. The molecule has 0 heterocycles. The summed E-state index contributed by atoms with van der Waals surface area (Å²) in [4.78, 5) is 11.4. The first-order chi connectivity index (χ1) is 10.2. The van der Waals surface area contributed by atoms with Gasteiger partial charge in [-0.25, -0.2) is 0 Å². The van der Waals surface area contributed by atoms with E-state index < -0.39 is 29.0 Å². The number of rotatable bonds is 3. The molecule has 0 saturated heterocycles. The molecule has 1 fully saturated rings. The van der Waals surface area contributed by atoms with Crippen LogP contribution in [0.3, 0.4) is 0 Å². The van der Waals surface area contributed by atoms with Crippen LogP contribution in [-0.2, 0) is 11.0 Å². The normalized spacial score (nSPS) is 14.3. The molecule has 0 bridgehead atoms. The quantitative estimate of drug-likeness (QED) is 0.662. The van der Waals surface area contributed by atoms with E-state index in [1.54, 1.807) is 6.07 Å². The summed E-state index contributed by atoms with van der Waals surface area (Å²) >= 11 is 0. The highest BCUT2D eigenvalue weighted by Crippen LogP contribution is 2.52. The Morgan fingerprint density at radius 3 is 2.50 bits per heavy atom. The van der Waals surface area contributed by atoms with Gasteiger partial charge in [-0.3, -0.25) is 4.79 Å². The average Bonchev–Trinajstić information content (AvgIpc) is 3.26. The largest absolute Gasteiger partial charge is 0.505 e. The highest BCUT2D eigenvalue weighted by Gasteiger charge is 2.43. The van der Waals surface area contributed by atoms with Crippen LogP contribution in [0.4, 0.5) is 18.9 Å². The van der Waals surface area contributed by atoms with E-state index in [1.807, 2.05) is 0 Å². The fourth-order valence-electron chi connectivity index (χ4n) is 2.44. The molecule has 1 aliphatic carbocycles. The predicted molar refractivity (Wildman–Crippen MR) is 73.4 cm³/mol. The number of hydrogen-bond acceptors (Lipinski definition) is 3. The van der Waals surface area contributed by atoms with Crippen molar-refractivity contribution in [2.45, 2.75) is 31.9 Å². The lowest BCUT2D eigenvalue weighted by atomic mass is 9.90. The number of nitrogens with one attached hydrogen (secondary N) is 1. The molecule has 7 heteroatoms. The van der Waals surface area contributed by atoms with Gasteiger partial charge in [0.05, 0.1) is 11.1 Å². The molecule has 0 atom stereocenters. The van der Waals surface area contributed by atoms with E-state index in [1.165, 1.54) is 0 Å². The lowest BCUT2D eigenvalue weighted by Gasteiger charge is -2.21. The van der Waals surface area contributed by atoms with Crippen LogP contribution in [0.1, 0.15) is 41.0 Å². The van der Waals surface area contributed by atoms with Crippen molar-refractivity contribution in [3.63, 3.8) is 0 Å². The number of nitrogens with zero attached hydrogens (tertiary/aromatic N) is 1. The molecule has 4 nitrogen and oxygen atoms in total.